The van der Waals surface area contributed by atoms with Crippen molar-refractivity contribution in [2.45, 2.75) is 19.8 Å². The Labute approximate surface area is 131 Å². The van der Waals surface area contributed by atoms with Crippen molar-refractivity contribution in [3.8, 4) is 0 Å². The number of carbonyl (C=O) groups is 2. The molecule has 0 aliphatic carbocycles. The zero-order valence-electron chi connectivity index (χ0n) is 11.6. The number of nitrogens with one attached hydrogen (secondary N) is 1. The van der Waals surface area contributed by atoms with Gasteiger partial charge in [-0.2, -0.15) is 0 Å². The molecule has 1 aromatic rings. The maximum Gasteiger partial charge on any atom is 0.303 e. The summed E-state index contributed by atoms with van der Waals surface area (Å²) in [5, 5.41) is 11.3. The smallest absolute Gasteiger partial charge is 0.303 e. The van der Waals surface area contributed by atoms with Crippen molar-refractivity contribution in [2.75, 3.05) is 6.54 Å². The number of carboxylic acid groups (broad SMARTS) is 1. The Bertz CT molecular complexity index is 546. The molecule has 21 heavy (non-hydrogen) atoms. The molecule has 6 heteroatoms. The minimum atomic E-state index is -0.886. The van der Waals surface area contributed by atoms with E-state index < -0.39 is 11.8 Å². The number of halogens is 2. The minimum Gasteiger partial charge on any atom is -0.481 e. The number of benzene rings is 1. The number of carbonyl (C=O) groups excluding carboxylic acids is 1. The van der Waals surface area contributed by atoms with Gasteiger partial charge in [0.25, 0.3) is 0 Å². The second kappa shape index (κ2) is 8.56. The summed E-state index contributed by atoms with van der Waals surface area (Å²) < 4.78 is 14.2. The maximum absolute atomic E-state index is 13.5. The fraction of sp³-hybridized carbons (Fsp3) is 0.333. The fourth-order valence-corrected chi connectivity index (χ4v) is 2.10. The summed E-state index contributed by atoms with van der Waals surface area (Å²) in [6.45, 7) is 2.15. The number of aliphatic carboxylic acids is 1. The average Bonchev–Trinajstić information content (AvgIpc) is 2.44. The van der Waals surface area contributed by atoms with Gasteiger partial charge in [0.15, 0.2) is 0 Å². The van der Waals surface area contributed by atoms with Gasteiger partial charge >= 0.3 is 5.97 Å². The molecule has 0 fully saturated rings. The molecule has 114 valence electrons. The highest BCUT2D eigenvalue weighted by Gasteiger charge is 2.11. The third-order valence-electron chi connectivity index (χ3n) is 2.98. The molecule has 0 aromatic heterocycles. The van der Waals surface area contributed by atoms with E-state index in [1.54, 1.807) is 12.1 Å². The molecule has 1 atom stereocenters. The van der Waals surface area contributed by atoms with Crippen molar-refractivity contribution in [2.24, 2.45) is 5.92 Å². The normalized spacial score (nSPS) is 12.3. The number of hydrogen-bond donors (Lipinski definition) is 2. The van der Waals surface area contributed by atoms with Crippen LogP contribution in [0, 0.1) is 11.7 Å². The fourth-order valence-electron chi connectivity index (χ4n) is 1.72. The monoisotopic (exact) mass is 357 g/mol. The van der Waals surface area contributed by atoms with E-state index in [9.17, 15) is 14.0 Å². The highest BCUT2D eigenvalue weighted by Crippen LogP contribution is 2.16. The van der Waals surface area contributed by atoms with Gasteiger partial charge in [-0.1, -0.05) is 29.3 Å². The van der Waals surface area contributed by atoms with Gasteiger partial charge in [-0.3, -0.25) is 9.59 Å². The van der Waals surface area contributed by atoms with Crippen LogP contribution in [0.4, 0.5) is 4.39 Å². The molecule has 2 N–H and O–H groups in total. The minimum absolute atomic E-state index is 0.0146. The van der Waals surface area contributed by atoms with Gasteiger partial charge in [0, 0.05) is 29.1 Å². The highest BCUT2D eigenvalue weighted by molar-refractivity contribution is 9.10. The first-order valence-electron chi connectivity index (χ1n) is 6.55. The summed E-state index contributed by atoms with van der Waals surface area (Å²) in [4.78, 5) is 22.3. The molecule has 1 rings (SSSR count). The first kappa shape index (κ1) is 17.4. The molecular formula is C15H17BrFNO3. The van der Waals surface area contributed by atoms with Gasteiger partial charge in [-0.25, -0.2) is 4.39 Å². The lowest BCUT2D eigenvalue weighted by atomic mass is 10.0. The van der Waals surface area contributed by atoms with Crippen LogP contribution in [0.3, 0.4) is 0 Å². The summed E-state index contributed by atoms with van der Waals surface area (Å²) in [5.74, 6) is -1.79. The Morgan fingerprint density at radius 1 is 1.48 bits per heavy atom. The van der Waals surface area contributed by atoms with Gasteiger partial charge in [-0.15, -0.1) is 0 Å². The zero-order valence-corrected chi connectivity index (χ0v) is 13.2. The molecule has 0 heterocycles. The lowest BCUT2D eigenvalue weighted by molar-refractivity contribution is -0.138. The van der Waals surface area contributed by atoms with E-state index in [0.717, 1.165) is 4.47 Å². The van der Waals surface area contributed by atoms with Gasteiger partial charge in [-0.05, 0) is 30.2 Å². The topological polar surface area (TPSA) is 66.4 Å². The van der Waals surface area contributed by atoms with Crippen molar-refractivity contribution in [3.63, 3.8) is 0 Å². The Hall–Kier alpha value is -1.69. The second-order valence-corrected chi connectivity index (χ2v) is 5.53. The molecule has 4 nitrogen and oxygen atoms in total. The Kier molecular flexibility index (Phi) is 7.08. The molecule has 0 spiro atoms. The predicted molar refractivity (Wildman–Crippen MR) is 82.2 cm³/mol. The van der Waals surface area contributed by atoms with Crippen molar-refractivity contribution in [3.05, 3.63) is 40.1 Å². The van der Waals surface area contributed by atoms with Crippen LogP contribution >= 0.6 is 15.9 Å². The molecule has 0 saturated heterocycles. The average molecular weight is 358 g/mol. The van der Waals surface area contributed by atoms with E-state index in [0.29, 0.717) is 12.0 Å². The summed E-state index contributed by atoms with van der Waals surface area (Å²) in [6, 6.07) is 4.45. The van der Waals surface area contributed by atoms with Crippen LogP contribution in [0.25, 0.3) is 6.08 Å². The van der Waals surface area contributed by atoms with Crippen molar-refractivity contribution in [1.82, 2.24) is 5.32 Å². The van der Waals surface area contributed by atoms with Crippen molar-refractivity contribution in [1.29, 1.82) is 0 Å². The molecule has 0 aliphatic rings. The summed E-state index contributed by atoms with van der Waals surface area (Å²) in [6.07, 6.45) is 3.29. The standard InChI is InChI=1S/C15H17BrFNO3/c1-2-10(7-15(20)21)9-18-14(19)6-3-11-8-12(16)4-5-13(11)17/h3-6,8,10H,2,7,9H2,1H3,(H,18,19)(H,20,21)/b6-3+. The Morgan fingerprint density at radius 2 is 2.19 bits per heavy atom. The number of rotatable bonds is 7. The van der Waals surface area contributed by atoms with E-state index >= 15 is 0 Å². The summed E-state index contributed by atoms with van der Waals surface area (Å²) in [7, 11) is 0. The van der Waals surface area contributed by atoms with E-state index in [2.05, 4.69) is 21.2 Å². The van der Waals surface area contributed by atoms with Gasteiger partial charge in [0.1, 0.15) is 5.82 Å². The van der Waals surface area contributed by atoms with Crippen LogP contribution in [0.2, 0.25) is 0 Å². The molecule has 0 bridgehead atoms. The van der Waals surface area contributed by atoms with Crippen LogP contribution in [-0.4, -0.2) is 23.5 Å². The lowest BCUT2D eigenvalue weighted by Crippen LogP contribution is -2.28. The Morgan fingerprint density at radius 3 is 2.81 bits per heavy atom. The van der Waals surface area contributed by atoms with E-state index in [1.165, 1.54) is 18.2 Å². The van der Waals surface area contributed by atoms with Crippen molar-refractivity contribution >= 4 is 33.9 Å². The molecule has 0 saturated carbocycles. The zero-order chi connectivity index (χ0) is 15.8. The third kappa shape index (κ3) is 6.53. The number of amides is 1. The van der Waals surface area contributed by atoms with Crippen LogP contribution in [0.15, 0.2) is 28.7 Å². The van der Waals surface area contributed by atoms with Gasteiger partial charge in [0.2, 0.25) is 5.91 Å². The van der Waals surface area contributed by atoms with Crippen molar-refractivity contribution < 1.29 is 19.1 Å². The largest absolute Gasteiger partial charge is 0.481 e. The van der Waals surface area contributed by atoms with Crippen LogP contribution in [-0.2, 0) is 9.59 Å². The first-order chi connectivity index (χ1) is 9.92. The van der Waals surface area contributed by atoms with Crippen LogP contribution < -0.4 is 5.32 Å². The van der Waals surface area contributed by atoms with Crippen LogP contribution in [0.5, 0.6) is 0 Å². The summed E-state index contributed by atoms with van der Waals surface area (Å²) >= 11 is 3.23. The maximum atomic E-state index is 13.5. The molecule has 0 radical (unpaired) electrons. The summed E-state index contributed by atoms with van der Waals surface area (Å²) in [5.41, 5.74) is 0.303. The number of carboxylic acids is 1. The first-order valence-corrected chi connectivity index (χ1v) is 7.34. The van der Waals surface area contributed by atoms with Gasteiger partial charge in [0.05, 0.1) is 0 Å². The Balaban J connectivity index is 2.55. The second-order valence-electron chi connectivity index (χ2n) is 4.62. The predicted octanol–water partition coefficient (Wildman–Crippen LogP) is 3.22. The van der Waals surface area contributed by atoms with Crippen LogP contribution in [0.1, 0.15) is 25.3 Å². The quantitative estimate of drug-likeness (QED) is 0.736. The molecular weight excluding hydrogens is 341 g/mol. The van der Waals surface area contributed by atoms with Gasteiger partial charge < -0.3 is 10.4 Å². The van der Waals surface area contributed by atoms with E-state index in [-0.39, 0.29) is 24.8 Å². The molecule has 1 aromatic carbocycles. The number of hydrogen-bond acceptors (Lipinski definition) is 2. The third-order valence-corrected chi connectivity index (χ3v) is 3.47. The molecule has 1 unspecified atom stereocenters. The lowest BCUT2D eigenvalue weighted by Gasteiger charge is -2.12. The highest BCUT2D eigenvalue weighted by atomic mass is 79.9. The SMILES string of the molecule is CCC(CNC(=O)/C=C/c1cc(Br)ccc1F)CC(=O)O. The van der Waals surface area contributed by atoms with E-state index in [1.807, 2.05) is 6.92 Å². The van der Waals surface area contributed by atoms with E-state index in [4.69, 9.17) is 5.11 Å². The molecule has 0 aliphatic heterocycles. The molecule has 1 amide bonds.